The van der Waals surface area contributed by atoms with Crippen molar-refractivity contribution in [2.45, 2.75) is 10.1 Å². The van der Waals surface area contributed by atoms with E-state index in [0.717, 1.165) is 4.88 Å². The van der Waals surface area contributed by atoms with E-state index in [1.807, 2.05) is 6.07 Å². The molecule has 2 aromatic rings. The predicted molar refractivity (Wildman–Crippen MR) is 75.9 cm³/mol. The minimum absolute atomic E-state index is 0.310. The van der Waals surface area contributed by atoms with Gasteiger partial charge in [0, 0.05) is 11.9 Å². The van der Waals surface area contributed by atoms with Gasteiger partial charge in [-0.15, -0.1) is 22.9 Å². The van der Waals surface area contributed by atoms with Gasteiger partial charge in [0.25, 0.3) is 10.0 Å². The Morgan fingerprint density at radius 3 is 2.39 bits per heavy atom. The highest BCUT2D eigenvalue weighted by atomic mass is 35.5. The van der Waals surface area contributed by atoms with Gasteiger partial charge in [-0.1, -0.05) is 18.2 Å². The maximum absolute atomic E-state index is 12.4. The van der Waals surface area contributed by atoms with Crippen LogP contribution >= 0.6 is 22.9 Å². The molecule has 0 radical (unpaired) electrons. The number of halogens is 1. The first-order valence-corrected chi connectivity index (χ1v) is 8.03. The molecular weight excluding hydrogens is 290 g/mol. The number of thiophene rings is 1. The standard InChI is InChI=1S/C12H12ClNO2S2/c1-14(10-5-3-2-4-6-10)18(15,16)12-8-7-11(9-13)17-12/h2-8H,9H2,1H3. The summed E-state index contributed by atoms with van der Waals surface area (Å²) < 4.78 is 26.3. The maximum Gasteiger partial charge on any atom is 0.273 e. The highest BCUT2D eigenvalue weighted by Crippen LogP contribution is 2.28. The lowest BCUT2D eigenvalue weighted by Gasteiger charge is -2.18. The summed E-state index contributed by atoms with van der Waals surface area (Å²) in [6.45, 7) is 0. The smallest absolute Gasteiger partial charge is 0.269 e. The van der Waals surface area contributed by atoms with Crippen LogP contribution in [0.4, 0.5) is 5.69 Å². The zero-order valence-electron chi connectivity index (χ0n) is 9.71. The Kier molecular flexibility index (Phi) is 3.94. The van der Waals surface area contributed by atoms with E-state index < -0.39 is 10.0 Å². The summed E-state index contributed by atoms with van der Waals surface area (Å²) in [6, 6.07) is 12.3. The number of alkyl halides is 1. The molecular formula is C12H12ClNO2S2. The molecule has 0 aliphatic carbocycles. The molecule has 1 heterocycles. The minimum atomic E-state index is -3.49. The second-order valence-electron chi connectivity index (χ2n) is 3.66. The minimum Gasteiger partial charge on any atom is -0.269 e. The van der Waals surface area contributed by atoms with Crippen LogP contribution in [0.15, 0.2) is 46.7 Å². The maximum atomic E-state index is 12.4. The highest BCUT2D eigenvalue weighted by Gasteiger charge is 2.22. The Labute approximate surface area is 116 Å². The fourth-order valence-corrected chi connectivity index (χ4v) is 4.31. The number of sulfonamides is 1. The van der Waals surface area contributed by atoms with Gasteiger partial charge in [0.2, 0.25) is 0 Å². The van der Waals surface area contributed by atoms with E-state index in [4.69, 9.17) is 11.6 Å². The summed E-state index contributed by atoms with van der Waals surface area (Å²) >= 11 is 6.89. The van der Waals surface area contributed by atoms with Crippen molar-refractivity contribution in [3.8, 4) is 0 Å². The van der Waals surface area contributed by atoms with Crippen LogP contribution in [-0.4, -0.2) is 15.5 Å². The molecule has 96 valence electrons. The monoisotopic (exact) mass is 301 g/mol. The summed E-state index contributed by atoms with van der Waals surface area (Å²) in [7, 11) is -1.94. The largest absolute Gasteiger partial charge is 0.273 e. The quantitative estimate of drug-likeness (QED) is 0.813. The van der Waals surface area contributed by atoms with E-state index in [9.17, 15) is 8.42 Å². The molecule has 1 aromatic heterocycles. The van der Waals surface area contributed by atoms with Crippen molar-refractivity contribution in [1.82, 2.24) is 0 Å². The van der Waals surface area contributed by atoms with Crippen LogP contribution in [-0.2, 0) is 15.9 Å². The van der Waals surface area contributed by atoms with Crippen molar-refractivity contribution < 1.29 is 8.42 Å². The fraction of sp³-hybridized carbons (Fsp3) is 0.167. The molecule has 0 saturated heterocycles. The third-order valence-corrected chi connectivity index (χ3v) is 6.29. The van der Waals surface area contributed by atoms with E-state index in [1.165, 1.54) is 15.6 Å². The van der Waals surface area contributed by atoms with E-state index in [2.05, 4.69) is 0 Å². The lowest BCUT2D eigenvalue weighted by Crippen LogP contribution is -2.25. The Balaban J connectivity index is 2.37. The summed E-state index contributed by atoms with van der Waals surface area (Å²) in [5.74, 6) is 0.329. The van der Waals surface area contributed by atoms with Crippen molar-refractivity contribution in [1.29, 1.82) is 0 Å². The number of hydrogen-bond donors (Lipinski definition) is 0. The molecule has 0 fully saturated rings. The Bertz CT molecular complexity index is 623. The van der Waals surface area contributed by atoms with E-state index in [0.29, 0.717) is 15.8 Å². The molecule has 0 saturated carbocycles. The molecule has 3 nitrogen and oxygen atoms in total. The molecule has 0 N–H and O–H groups in total. The molecule has 0 atom stereocenters. The van der Waals surface area contributed by atoms with Crippen molar-refractivity contribution in [3.63, 3.8) is 0 Å². The topological polar surface area (TPSA) is 37.4 Å². The lowest BCUT2D eigenvalue weighted by molar-refractivity contribution is 0.596. The molecule has 6 heteroatoms. The van der Waals surface area contributed by atoms with Crippen LogP contribution in [0.2, 0.25) is 0 Å². The van der Waals surface area contributed by atoms with Crippen LogP contribution in [0.5, 0.6) is 0 Å². The molecule has 0 aliphatic heterocycles. The average molecular weight is 302 g/mol. The van der Waals surface area contributed by atoms with Gasteiger partial charge in [0.05, 0.1) is 11.6 Å². The van der Waals surface area contributed by atoms with Gasteiger partial charge in [-0.25, -0.2) is 8.42 Å². The van der Waals surface area contributed by atoms with Crippen molar-refractivity contribution >= 4 is 38.6 Å². The predicted octanol–water partition coefficient (Wildman–Crippen LogP) is 3.31. The second-order valence-corrected chi connectivity index (χ2v) is 7.29. The summed E-state index contributed by atoms with van der Waals surface area (Å²) in [5.41, 5.74) is 0.637. The Morgan fingerprint density at radius 2 is 1.83 bits per heavy atom. The molecule has 0 aliphatic rings. The SMILES string of the molecule is CN(c1ccccc1)S(=O)(=O)c1ccc(CCl)s1. The molecule has 18 heavy (non-hydrogen) atoms. The van der Waals surface area contributed by atoms with Gasteiger partial charge in [-0.05, 0) is 24.3 Å². The number of benzene rings is 1. The van der Waals surface area contributed by atoms with Crippen molar-refractivity contribution in [2.75, 3.05) is 11.4 Å². The third kappa shape index (κ3) is 2.53. The molecule has 2 rings (SSSR count). The Morgan fingerprint density at radius 1 is 1.17 bits per heavy atom. The van der Waals surface area contributed by atoms with Gasteiger partial charge < -0.3 is 0 Å². The van der Waals surface area contributed by atoms with Gasteiger partial charge >= 0.3 is 0 Å². The van der Waals surface area contributed by atoms with Crippen LogP contribution in [0.3, 0.4) is 0 Å². The first-order chi connectivity index (χ1) is 8.55. The molecule has 0 spiro atoms. The van der Waals surface area contributed by atoms with Crippen LogP contribution in [0, 0.1) is 0 Å². The normalized spacial score (nSPS) is 11.4. The number of anilines is 1. The molecule has 0 unspecified atom stereocenters. The van der Waals surface area contributed by atoms with E-state index >= 15 is 0 Å². The van der Waals surface area contributed by atoms with Crippen molar-refractivity contribution in [2.24, 2.45) is 0 Å². The van der Waals surface area contributed by atoms with Crippen LogP contribution < -0.4 is 4.31 Å². The van der Waals surface area contributed by atoms with Crippen LogP contribution in [0.25, 0.3) is 0 Å². The Hall–Kier alpha value is -1.04. The van der Waals surface area contributed by atoms with Gasteiger partial charge in [-0.2, -0.15) is 0 Å². The number of nitrogens with zero attached hydrogens (tertiary/aromatic N) is 1. The third-order valence-electron chi connectivity index (χ3n) is 2.50. The molecule has 1 aromatic carbocycles. The van der Waals surface area contributed by atoms with Gasteiger partial charge in [0.1, 0.15) is 4.21 Å². The van der Waals surface area contributed by atoms with Crippen LogP contribution in [0.1, 0.15) is 4.88 Å². The molecule has 0 bridgehead atoms. The first kappa shape index (κ1) is 13.4. The summed E-state index contributed by atoms with van der Waals surface area (Å²) in [6.07, 6.45) is 0. The van der Waals surface area contributed by atoms with Gasteiger partial charge in [-0.3, -0.25) is 4.31 Å². The van der Waals surface area contributed by atoms with E-state index in [1.54, 1.807) is 43.4 Å². The number of hydrogen-bond acceptors (Lipinski definition) is 3. The zero-order chi connectivity index (χ0) is 13.2. The number of para-hydroxylation sites is 1. The van der Waals surface area contributed by atoms with Gasteiger partial charge in [0.15, 0.2) is 0 Å². The lowest BCUT2D eigenvalue weighted by atomic mass is 10.3. The number of rotatable bonds is 4. The molecule has 0 amide bonds. The highest BCUT2D eigenvalue weighted by molar-refractivity contribution is 7.94. The van der Waals surface area contributed by atoms with Crippen molar-refractivity contribution in [3.05, 3.63) is 47.3 Å². The second kappa shape index (κ2) is 5.30. The van der Waals surface area contributed by atoms with E-state index in [-0.39, 0.29) is 0 Å². The average Bonchev–Trinajstić information content (AvgIpc) is 2.88. The summed E-state index contributed by atoms with van der Waals surface area (Å²) in [4.78, 5) is 0.844. The fourth-order valence-electron chi connectivity index (χ4n) is 1.48. The first-order valence-electron chi connectivity index (χ1n) is 5.24. The summed E-state index contributed by atoms with van der Waals surface area (Å²) in [5, 5.41) is 0. The zero-order valence-corrected chi connectivity index (χ0v) is 12.1.